The lowest BCUT2D eigenvalue weighted by atomic mass is 9.73. The van der Waals surface area contributed by atoms with Gasteiger partial charge in [-0.05, 0) is 49.6 Å². The quantitative estimate of drug-likeness (QED) is 0.607. The van der Waals surface area contributed by atoms with Crippen molar-refractivity contribution in [1.82, 2.24) is 10.3 Å². The highest BCUT2D eigenvalue weighted by Crippen LogP contribution is 2.35. The smallest absolute Gasteiger partial charge is 0.230 e. The molecule has 4 rings (SSSR count). The molecule has 0 saturated carbocycles. The molecule has 156 valence electrons. The number of fused-ring (bicyclic) bond motifs is 1. The number of aryl methyl sites for hydroxylation is 1. The Morgan fingerprint density at radius 2 is 1.90 bits per heavy atom. The van der Waals surface area contributed by atoms with Crippen LogP contribution in [-0.4, -0.2) is 37.2 Å². The molecule has 1 aliphatic heterocycles. The van der Waals surface area contributed by atoms with Crippen LogP contribution in [0.15, 0.2) is 54.6 Å². The first-order valence-electron chi connectivity index (χ1n) is 10.3. The third-order valence-electron chi connectivity index (χ3n) is 5.73. The minimum absolute atomic E-state index is 0.0750. The molecular formula is C24H26FN3O2. The standard InChI is InChI=1S/C24H26FN3O2/c1-17-15-22(20-7-2-3-8-21(20)28-17)26-11-12-27-23(29)24(9-13-30-14-10-24)18-5-4-6-19(25)16-18/h2-8,15-16H,9-14H2,1H3,(H,26,28)(H,27,29). The van der Waals surface area contributed by atoms with Crippen LogP contribution in [0.1, 0.15) is 24.1 Å². The molecule has 30 heavy (non-hydrogen) atoms. The Labute approximate surface area is 175 Å². The average molecular weight is 407 g/mol. The SMILES string of the molecule is Cc1cc(NCCNC(=O)C2(c3cccc(F)c3)CCOCC2)c2ccccc2n1. The van der Waals surface area contributed by atoms with E-state index in [-0.39, 0.29) is 11.7 Å². The van der Waals surface area contributed by atoms with Crippen LogP contribution in [0.3, 0.4) is 0 Å². The van der Waals surface area contributed by atoms with Crippen molar-refractivity contribution < 1.29 is 13.9 Å². The fourth-order valence-corrected chi connectivity index (χ4v) is 4.15. The molecule has 0 bridgehead atoms. The van der Waals surface area contributed by atoms with Crippen LogP contribution in [0.25, 0.3) is 10.9 Å². The molecular weight excluding hydrogens is 381 g/mol. The second kappa shape index (κ2) is 8.79. The Balaban J connectivity index is 1.44. The van der Waals surface area contributed by atoms with Gasteiger partial charge >= 0.3 is 0 Å². The number of hydrogen-bond acceptors (Lipinski definition) is 4. The summed E-state index contributed by atoms with van der Waals surface area (Å²) in [6.07, 6.45) is 1.09. The van der Waals surface area contributed by atoms with Crippen LogP contribution in [0.2, 0.25) is 0 Å². The van der Waals surface area contributed by atoms with Gasteiger partial charge in [-0.3, -0.25) is 9.78 Å². The summed E-state index contributed by atoms with van der Waals surface area (Å²) in [5.74, 6) is -0.401. The van der Waals surface area contributed by atoms with Crippen LogP contribution in [-0.2, 0) is 14.9 Å². The molecule has 2 aromatic carbocycles. The summed E-state index contributed by atoms with van der Waals surface area (Å²) in [5.41, 5.74) is 2.84. The highest BCUT2D eigenvalue weighted by molar-refractivity contribution is 5.91. The van der Waals surface area contributed by atoms with E-state index in [1.165, 1.54) is 12.1 Å². The van der Waals surface area contributed by atoms with Crippen LogP contribution in [0.5, 0.6) is 0 Å². The summed E-state index contributed by atoms with van der Waals surface area (Å²) in [5, 5.41) is 7.51. The van der Waals surface area contributed by atoms with E-state index < -0.39 is 5.41 Å². The number of halogens is 1. The summed E-state index contributed by atoms with van der Waals surface area (Å²) in [6.45, 7) is 3.99. The van der Waals surface area contributed by atoms with E-state index in [4.69, 9.17) is 4.74 Å². The molecule has 2 N–H and O–H groups in total. The molecule has 1 amide bonds. The molecule has 0 spiro atoms. The van der Waals surface area contributed by atoms with Gasteiger partial charge < -0.3 is 15.4 Å². The zero-order valence-electron chi connectivity index (χ0n) is 17.1. The summed E-state index contributed by atoms with van der Waals surface area (Å²) < 4.78 is 19.3. The molecule has 1 aliphatic rings. The fraction of sp³-hybridized carbons (Fsp3) is 0.333. The number of pyridine rings is 1. The Bertz CT molecular complexity index is 1050. The van der Waals surface area contributed by atoms with Crippen molar-refractivity contribution in [3.63, 3.8) is 0 Å². The van der Waals surface area contributed by atoms with E-state index in [0.29, 0.717) is 44.7 Å². The van der Waals surface area contributed by atoms with Gasteiger partial charge in [0.05, 0.1) is 10.9 Å². The topological polar surface area (TPSA) is 63.2 Å². The zero-order valence-corrected chi connectivity index (χ0v) is 17.1. The van der Waals surface area contributed by atoms with Gasteiger partial charge in [-0.2, -0.15) is 0 Å². The normalized spacial score (nSPS) is 15.7. The molecule has 1 aromatic heterocycles. The maximum Gasteiger partial charge on any atom is 0.230 e. The van der Waals surface area contributed by atoms with Gasteiger partial charge in [0.2, 0.25) is 5.91 Å². The van der Waals surface area contributed by atoms with E-state index in [1.54, 1.807) is 6.07 Å². The highest BCUT2D eigenvalue weighted by atomic mass is 19.1. The maximum absolute atomic E-state index is 13.8. The maximum atomic E-state index is 13.8. The number of aromatic nitrogens is 1. The van der Waals surface area contributed by atoms with Crippen LogP contribution in [0, 0.1) is 12.7 Å². The molecule has 1 saturated heterocycles. The fourth-order valence-electron chi connectivity index (χ4n) is 4.15. The summed E-state index contributed by atoms with van der Waals surface area (Å²) in [6, 6.07) is 16.3. The second-order valence-corrected chi connectivity index (χ2v) is 7.72. The monoisotopic (exact) mass is 407 g/mol. The number of hydrogen-bond donors (Lipinski definition) is 2. The molecule has 6 heteroatoms. The first-order valence-corrected chi connectivity index (χ1v) is 10.3. The third kappa shape index (κ3) is 4.14. The Hall–Kier alpha value is -2.99. The van der Waals surface area contributed by atoms with Gasteiger partial charge in [0, 0.05) is 43.1 Å². The Kier molecular flexibility index (Phi) is 5.95. The number of nitrogens with one attached hydrogen (secondary N) is 2. The van der Waals surface area contributed by atoms with Crippen molar-refractivity contribution in [3.8, 4) is 0 Å². The van der Waals surface area contributed by atoms with Gasteiger partial charge in [0.25, 0.3) is 0 Å². The van der Waals surface area contributed by atoms with Gasteiger partial charge in [-0.15, -0.1) is 0 Å². The van der Waals surface area contributed by atoms with Gasteiger partial charge in [-0.25, -0.2) is 4.39 Å². The van der Waals surface area contributed by atoms with Crippen molar-refractivity contribution in [3.05, 3.63) is 71.7 Å². The third-order valence-corrected chi connectivity index (χ3v) is 5.73. The largest absolute Gasteiger partial charge is 0.383 e. The average Bonchev–Trinajstić information content (AvgIpc) is 2.76. The first-order chi connectivity index (χ1) is 14.6. The molecule has 0 atom stereocenters. The molecule has 0 unspecified atom stereocenters. The predicted molar refractivity (Wildman–Crippen MR) is 116 cm³/mol. The number of para-hydroxylation sites is 1. The highest BCUT2D eigenvalue weighted by Gasteiger charge is 2.41. The predicted octanol–water partition coefficient (Wildman–Crippen LogP) is 3.96. The van der Waals surface area contributed by atoms with Gasteiger partial charge in [0.15, 0.2) is 0 Å². The number of amides is 1. The van der Waals surface area contributed by atoms with Crippen molar-refractivity contribution in [2.24, 2.45) is 0 Å². The molecule has 5 nitrogen and oxygen atoms in total. The lowest BCUT2D eigenvalue weighted by Crippen LogP contribution is -2.49. The van der Waals surface area contributed by atoms with Crippen molar-refractivity contribution in [2.45, 2.75) is 25.2 Å². The lowest BCUT2D eigenvalue weighted by molar-refractivity contribution is -0.130. The van der Waals surface area contributed by atoms with E-state index in [0.717, 1.165) is 22.3 Å². The number of ether oxygens (including phenoxy) is 1. The van der Waals surface area contributed by atoms with Gasteiger partial charge in [-0.1, -0.05) is 30.3 Å². The van der Waals surface area contributed by atoms with Crippen LogP contribution in [0.4, 0.5) is 10.1 Å². The molecule has 0 radical (unpaired) electrons. The van der Waals surface area contributed by atoms with Crippen molar-refractivity contribution in [1.29, 1.82) is 0 Å². The number of rotatable bonds is 6. The minimum atomic E-state index is -0.750. The Morgan fingerprint density at radius 1 is 1.10 bits per heavy atom. The second-order valence-electron chi connectivity index (χ2n) is 7.72. The number of carbonyl (C=O) groups excluding carboxylic acids is 1. The number of nitrogens with zero attached hydrogens (tertiary/aromatic N) is 1. The molecule has 0 aliphatic carbocycles. The summed E-state index contributed by atoms with van der Waals surface area (Å²) in [7, 11) is 0. The van der Waals surface area contributed by atoms with Crippen molar-refractivity contribution in [2.75, 3.05) is 31.6 Å². The summed E-state index contributed by atoms with van der Waals surface area (Å²) in [4.78, 5) is 17.7. The zero-order chi connectivity index (χ0) is 21.0. The van der Waals surface area contributed by atoms with E-state index >= 15 is 0 Å². The molecule has 2 heterocycles. The van der Waals surface area contributed by atoms with E-state index in [1.807, 2.05) is 43.3 Å². The number of anilines is 1. The number of benzene rings is 2. The van der Waals surface area contributed by atoms with Gasteiger partial charge in [0.1, 0.15) is 5.82 Å². The van der Waals surface area contributed by atoms with E-state index in [2.05, 4.69) is 15.6 Å². The summed E-state index contributed by atoms with van der Waals surface area (Å²) >= 11 is 0. The number of carbonyl (C=O) groups is 1. The molecule has 1 fully saturated rings. The van der Waals surface area contributed by atoms with E-state index in [9.17, 15) is 9.18 Å². The Morgan fingerprint density at radius 3 is 2.70 bits per heavy atom. The van der Waals surface area contributed by atoms with Crippen LogP contribution < -0.4 is 10.6 Å². The minimum Gasteiger partial charge on any atom is -0.383 e. The van der Waals surface area contributed by atoms with Crippen molar-refractivity contribution >= 4 is 22.5 Å². The van der Waals surface area contributed by atoms with Crippen LogP contribution >= 0.6 is 0 Å². The lowest BCUT2D eigenvalue weighted by Gasteiger charge is -2.36. The first kappa shape index (κ1) is 20.3. The molecule has 3 aromatic rings.